The second-order valence-electron chi connectivity index (χ2n) is 5.19. The number of anilines is 1. The molecule has 0 radical (unpaired) electrons. The Balaban J connectivity index is 1.75. The Kier molecular flexibility index (Phi) is 3.70. The highest BCUT2D eigenvalue weighted by Gasteiger charge is 2.06. The minimum atomic E-state index is -0.134. The molecule has 3 rings (SSSR count). The van der Waals surface area contributed by atoms with Crippen molar-refractivity contribution in [2.45, 2.75) is 13.5 Å². The average molecular weight is 292 g/mol. The number of aryl methyl sites for hydroxylation is 1. The molecule has 2 aromatic heterocycles. The summed E-state index contributed by atoms with van der Waals surface area (Å²) in [6.07, 6.45) is 4.96. The van der Waals surface area contributed by atoms with Gasteiger partial charge in [-0.15, -0.1) is 0 Å². The predicted octanol–water partition coefficient (Wildman–Crippen LogP) is 2.45. The van der Waals surface area contributed by atoms with Gasteiger partial charge in [0.15, 0.2) is 0 Å². The fourth-order valence-corrected chi connectivity index (χ4v) is 2.32. The number of carbonyl (C=O) groups is 1. The maximum atomic E-state index is 12.1. The highest BCUT2D eigenvalue weighted by atomic mass is 16.1. The molecule has 0 spiro atoms. The maximum absolute atomic E-state index is 12.1. The molecule has 22 heavy (non-hydrogen) atoms. The summed E-state index contributed by atoms with van der Waals surface area (Å²) in [4.78, 5) is 20.2. The largest absolute Gasteiger partial charge is 0.383 e. The van der Waals surface area contributed by atoms with Gasteiger partial charge in [-0.2, -0.15) is 0 Å². The van der Waals surface area contributed by atoms with E-state index in [-0.39, 0.29) is 5.91 Å². The first-order valence-electron chi connectivity index (χ1n) is 6.96. The van der Waals surface area contributed by atoms with Crippen LogP contribution in [-0.4, -0.2) is 15.9 Å². The fourth-order valence-electron chi connectivity index (χ4n) is 2.32. The number of nitrogens with two attached hydrogens (primary N) is 1. The van der Waals surface area contributed by atoms with Crippen molar-refractivity contribution in [3.05, 3.63) is 65.6 Å². The van der Waals surface area contributed by atoms with Crippen LogP contribution in [0.2, 0.25) is 0 Å². The summed E-state index contributed by atoms with van der Waals surface area (Å²) < 4.78 is 0. The smallest absolute Gasteiger partial charge is 0.253 e. The van der Waals surface area contributed by atoms with E-state index in [0.29, 0.717) is 17.9 Å². The predicted molar refractivity (Wildman–Crippen MR) is 86.3 cm³/mol. The van der Waals surface area contributed by atoms with Crippen molar-refractivity contribution in [2.75, 3.05) is 5.73 Å². The van der Waals surface area contributed by atoms with E-state index in [1.807, 2.05) is 37.3 Å². The molecule has 110 valence electrons. The number of nitrogens with one attached hydrogen (secondary N) is 1. The van der Waals surface area contributed by atoms with Gasteiger partial charge in [0.2, 0.25) is 0 Å². The number of nitrogen functional groups attached to an aromatic ring is 1. The second-order valence-corrected chi connectivity index (χ2v) is 5.19. The third-order valence-corrected chi connectivity index (χ3v) is 3.45. The monoisotopic (exact) mass is 292 g/mol. The number of hydrogen-bond acceptors (Lipinski definition) is 4. The van der Waals surface area contributed by atoms with Crippen LogP contribution in [0.15, 0.2) is 48.9 Å². The normalized spacial score (nSPS) is 10.6. The Morgan fingerprint density at radius 3 is 2.91 bits per heavy atom. The number of pyridine rings is 2. The van der Waals surface area contributed by atoms with Crippen molar-refractivity contribution < 1.29 is 4.79 Å². The van der Waals surface area contributed by atoms with Gasteiger partial charge >= 0.3 is 0 Å². The molecule has 0 unspecified atom stereocenters. The van der Waals surface area contributed by atoms with Crippen molar-refractivity contribution >= 4 is 22.5 Å². The van der Waals surface area contributed by atoms with Crippen molar-refractivity contribution in [2.24, 2.45) is 0 Å². The molecule has 0 atom stereocenters. The van der Waals surface area contributed by atoms with E-state index in [9.17, 15) is 4.79 Å². The van der Waals surface area contributed by atoms with Crippen molar-refractivity contribution in [3.63, 3.8) is 0 Å². The highest BCUT2D eigenvalue weighted by Crippen LogP contribution is 2.19. The molecule has 0 fully saturated rings. The Morgan fingerprint density at radius 2 is 2.09 bits per heavy atom. The summed E-state index contributed by atoms with van der Waals surface area (Å²) in [6, 6.07) is 9.58. The van der Waals surface area contributed by atoms with Gasteiger partial charge in [-0.05, 0) is 41.6 Å². The van der Waals surface area contributed by atoms with E-state index < -0.39 is 0 Å². The number of amides is 1. The zero-order valence-corrected chi connectivity index (χ0v) is 12.2. The summed E-state index contributed by atoms with van der Waals surface area (Å²) in [5, 5.41) is 4.82. The first-order valence-corrected chi connectivity index (χ1v) is 6.96. The van der Waals surface area contributed by atoms with Crippen LogP contribution in [0.3, 0.4) is 0 Å². The Morgan fingerprint density at radius 1 is 1.23 bits per heavy atom. The fraction of sp³-hybridized carbons (Fsp3) is 0.118. The number of hydrogen-bond donors (Lipinski definition) is 2. The quantitative estimate of drug-likeness (QED) is 0.777. The Labute approximate surface area is 128 Å². The van der Waals surface area contributed by atoms with Gasteiger partial charge in [0, 0.05) is 30.5 Å². The van der Waals surface area contributed by atoms with Crippen LogP contribution in [0.1, 0.15) is 21.5 Å². The molecule has 3 N–H and O–H groups in total. The molecular weight excluding hydrogens is 276 g/mol. The van der Waals surface area contributed by atoms with Gasteiger partial charge in [0.25, 0.3) is 5.91 Å². The molecular formula is C17H16N4O. The van der Waals surface area contributed by atoms with Crippen LogP contribution in [0.5, 0.6) is 0 Å². The first-order chi connectivity index (χ1) is 10.6. The third-order valence-electron chi connectivity index (χ3n) is 3.45. The van der Waals surface area contributed by atoms with E-state index in [2.05, 4.69) is 15.3 Å². The lowest BCUT2D eigenvalue weighted by molar-refractivity contribution is 0.0950. The van der Waals surface area contributed by atoms with E-state index >= 15 is 0 Å². The van der Waals surface area contributed by atoms with Gasteiger partial charge < -0.3 is 11.1 Å². The van der Waals surface area contributed by atoms with Gasteiger partial charge in [0.1, 0.15) is 5.82 Å². The van der Waals surface area contributed by atoms with Crippen molar-refractivity contribution in [1.29, 1.82) is 0 Å². The zero-order valence-electron chi connectivity index (χ0n) is 12.2. The van der Waals surface area contributed by atoms with Crippen LogP contribution in [0.4, 0.5) is 5.82 Å². The van der Waals surface area contributed by atoms with Crippen LogP contribution in [0.25, 0.3) is 10.8 Å². The molecule has 1 aromatic carbocycles. The SMILES string of the molecule is Cc1cncc(C(=O)NCc2ccc3c(N)nccc3c2)c1. The van der Waals surface area contributed by atoms with Gasteiger partial charge in [0.05, 0.1) is 5.56 Å². The Bertz CT molecular complexity index is 845. The number of rotatable bonds is 3. The second kappa shape index (κ2) is 5.81. The molecule has 0 saturated heterocycles. The molecule has 0 bridgehead atoms. The maximum Gasteiger partial charge on any atom is 0.253 e. The van der Waals surface area contributed by atoms with Crippen LogP contribution < -0.4 is 11.1 Å². The standard InChI is InChI=1S/C17H16N4O/c1-11-6-14(10-19-8-11)17(22)21-9-12-2-3-15-13(7-12)4-5-20-16(15)18/h2-8,10H,9H2,1H3,(H2,18,20)(H,21,22). The topological polar surface area (TPSA) is 80.9 Å². The molecule has 2 heterocycles. The number of aromatic nitrogens is 2. The lowest BCUT2D eigenvalue weighted by Crippen LogP contribution is -2.23. The first kappa shape index (κ1) is 14.0. The molecule has 0 aliphatic rings. The molecule has 1 amide bonds. The lowest BCUT2D eigenvalue weighted by atomic mass is 10.1. The third kappa shape index (κ3) is 2.88. The average Bonchev–Trinajstić information content (AvgIpc) is 2.53. The summed E-state index contributed by atoms with van der Waals surface area (Å²) in [6.45, 7) is 2.36. The summed E-state index contributed by atoms with van der Waals surface area (Å²) >= 11 is 0. The highest BCUT2D eigenvalue weighted by molar-refractivity contribution is 5.94. The van der Waals surface area contributed by atoms with Crippen molar-refractivity contribution in [1.82, 2.24) is 15.3 Å². The summed E-state index contributed by atoms with van der Waals surface area (Å²) in [7, 11) is 0. The molecule has 5 heteroatoms. The van der Waals surface area contributed by atoms with Crippen LogP contribution >= 0.6 is 0 Å². The lowest BCUT2D eigenvalue weighted by Gasteiger charge is -2.07. The summed E-state index contributed by atoms with van der Waals surface area (Å²) in [5.41, 5.74) is 8.36. The molecule has 0 aliphatic heterocycles. The van der Waals surface area contributed by atoms with Gasteiger partial charge in [-0.25, -0.2) is 4.98 Å². The Hall–Kier alpha value is -2.95. The van der Waals surface area contributed by atoms with E-state index in [1.54, 1.807) is 18.6 Å². The van der Waals surface area contributed by atoms with Gasteiger partial charge in [-0.3, -0.25) is 9.78 Å². The van der Waals surface area contributed by atoms with Crippen LogP contribution in [0, 0.1) is 6.92 Å². The van der Waals surface area contributed by atoms with E-state index in [1.165, 1.54) is 0 Å². The number of benzene rings is 1. The molecule has 0 aliphatic carbocycles. The number of carbonyl (C=O) groups excluding carboxylic acids is 1. The number of fused-ring (bicyclic) bond motifs is 1. The molecule has 5 nitrogen and oxygen atoms in total. The van der Waals surface area contributed by atoms with Gasteiger partial charge in [-0.1, -0.05) is 12.1 Å². The minimum Gasteiger partial charge on any atom is -0.383 e. The van der Waals surface area contributed by atoms with Crippen LogP contribution in [-0.2, 0) is 6.54 Å². The van der Waals surface area contributed by atoms with E-state index in [0.717, 1.165) is 21.9 Å². The summed E-state index contributed by atoms with van der Waals surface area (Å²) in [5.74, 6) is 0.379. The van der Waals surface area contributed by atoms with E-state index in [4.69, 9.17) is 5.73 Å². The van der Waals surface area contributed by atoms with Crippen molar-refractivity contribution in [3.8, 4) is 0 Å². The molecule has 3 aromatic rings. The molecule has 0 saturated carbocycles. The number of nitrogens with zero attached hydrogens (tertiary/aromatic N) is 2. The minimum absolute atomic E-state index is 0.134. The zero-order chi connectivity index (χ0) is 15.5.